The van der Waals surface area contributed by atoms with Gasteiger partial charge in [-0.3, -0.25) is 4.79 Å². The number of nitrogens with zero attached hydrogens (tertiary/aromatic N) is 3. The molecule has 2 unspecified atom stereocenters. The summed E-state index contributed by atoms with van der Waals surface area (Å²) in [5.41, 5.74) is 5.77. The van der Waals surface area contributed by atoms with Gasteiger partial charge < -0.3 is 15.2 Å². The molecular weight excluding hydrogens is 264 g/mol. The third kappa shape index (κ3) is 4.56. The van der Waals surface area contributed by atoms with Crippen LogP contribution in [0.25, 0.3) is 0 Å². The number of imidazole rings is 1. The Hall–Kier alpha value is -1.36. The quantitative estimate of drug-likeness (QED) is 0.797. The first-order chi connectivity index (χ1) is 9.99. The van der Waals surface area contributed by atoms with Gasteiger partial charge in [-0.15, -0.1) is 0 Å². The highest BCUT2D eigenvalue weighted by molar-refractivity contribution is 5.79. The van der Waals surface area contributed by atoms with Crippen molar-refractivity contribution in [2.45, 2.75) is 64.6 Å². The highest BCUT2D eigenvalue weighted by atomic mass is 16.2. The fourth-order valence-electron chi connectivity index (χ4n) is 2.63. The van der Waals surface area contributed by atoms with Gasteiger partial charge in [0, 0.05) is 37.4 Å². The number of amides is 1. The van der Waals surface area contributed by atoms with Crippen molar-refractivity contribution in [3.8, 4) is 0 Å². The van der Waals surface area contributed by atoms with Gasteiger partial charge in [0.1, 0.15) is 5.82 Å². The molecule has 5 nitrogen and oxygen atoms in total. The number of hydrogen-bond donors (Lipinski definition) is 1. The van der Waals surface area contributed by atoms with Crippen LogP contribution in [0.5, 0.6) is 0 Å². The molecule has 1 aromatic heterocycles. The van der Waals surface area contributed by atoms with Gasteiger partial charge in [-0.2, -0.15) is 0 Å². The van der Waals surface area contributed by atoms with Crippen LogP contribution >= 0.6 is 0 Å². The Kier molecular flexibility index (Phi) is 5.39. The van der Waals surface area contributed by atoms with Gasteiger partial charge in [0.15, 0.2) is 0 Å². The monoisotopic (exact) mass is 292 g/mol. The molecule has 5 heteroatoms. The summed E-state index contributed by atoms with van der Waals surface area (Å²) in [5.74, 6) is 1.30. The van der Waals surface area contributed by atoms with E-state index in [0.717, 1.165) is 37.9 Å². The summed E-state index contributed by atoms with van der Waals surface area (Å²) in [6, 6.07) is 0.643. The fourth-order valence-corrected chi connectivity index (χ4v) is 2.63. The first-order valence-electron chi connectivity index (χ1n) is 8.01. The molecule has 1 aliphatic rings. The molecule has 2 atom stereocenters. The van der Waals surface area contributed by atoms with E-state index >= 15 is 0 Å². The van der Waals surface area contributed by atoms with E-state index in [0.29, 0.717) is 12.6 Å². The minimum Gasteiger partial charge on any atom is -0.337 e. The van der Waals surface area contributed by atoms with Crippen molar-refractivity contribution in [2.75, 3.05) is 0 Å². The second-order valence-corrected chi connectivity index (χ2v) is 6.46. The molecule has 2 rings (SSSR count). The average molecular weight is 292 g/mol. The Balaban J connectivity index is 1.91. The molecule has 1 saturated carbocycles. The zero-order valence-corrected chi connectivity index (χ0v) is 13.5. The molecule has 0 radical (unpaired) electrons. The van der Waals surface area contributed by atoms with Crippen molar-refractivity contribution in [3.63, 3.8) is 0 Å². The summed E-state index contributed by atoms with van der Waals surface area (Å²) in [6.45, 7) is 4.69. The highest BCUT2D eigenvalue weighted by Gasteiger charge is 2.34. The summed E-state index contributed by atoms with van der Waals surface area (Å²) in [6.07, 6.45) is 8.90. The van der Waals surface area contributed by atoms with Gasteiger partial charge in [-0.25, -0.2) is 4.98 Å². The number of aryl methyl sites for hydroxylation is 1. The highest BCUT2D eigenvalue weighted by Crippen LogP contribution is 2.30. The third-order valence-electron chi connectivity index (χ3n) is 4.22. The van der Waals surface area contributed by atoms with Crippen LogP contribution in [0.3, 0.4) is 0 Å². The molecular formula is C16H28N4O. The number of aromatic nitrogens is 2. The first kappa shape index (κ1) is 16.0. The molecule has 0 aliphatic heterocycles. The van der Waals surface area contributed by atoms with Crippen LogP contribution in [-0.4, -0.2) is 32.4 Å². The number of nitrogens with two attached hydrogens (primary N) is 1. The molecule has 1 aromatic rings. The number of carbonyl (C=O) groups excluding carboxylic acids is 1. The zero-order chi connectivity index (χ0) is 15.4. The standard InChI is InChI=1S/C16H28N4O/c1-12(5-4-6-13(2)17)16(21)20(14-7-8-14)11-15-18-9-10-19(15)3/h9-10,12-14H,4-8,11,17H2,1-3H3. The van der Waals surface area contributed by atoms with Crippen molar-refractivity contribution < 1.29 is 4.79 Å². The maximum absolute atomic E-state index is 12.7. The lowest BCUT2D eigenvalue weighted by molar-refractivity contribution is -0.136. The van der Waals surface area contributed by atoms with Crippen LogP contribution in [0.15, 0.2) is 12.4 Å². The van der Waals surface area contributed by atoms with Crippen molar-refractivity contribution in [1.82, 2.24) is 14.5 Å². The van der Waals surface area contributed by atoms with Crippen LogP contribution in [0.1, 0.15) is 51.8 Å². The van der Waals surface area contributed by atoms with E-state index < -0.39 is 0 Å². The van der Waals surface area contributed by atoms with Crippen molar-refractivity contribution >= 4 is 5.91 Å². The lowest BCUT2D eigenvalue weighted by Gasteiger charge is -2.25. The maximum Gasteiger partial charge on any atom is 0.226 e. The summed E-state index contributed by atoms with van der Waals surface area (Å²) in [4.78, 5) is 19.1. The van der Waals surface area contributed by atoms with E-state index in [1.807, 2.05) is 36.6 Å². The van der Waals surface area contributed by atoms with Crippen LogP contribution < -0.4 is 5.73 Å². The minimum atomic E-state index is 0.0737. The Labute approximate surface area is 127 Å². The fraction of sp³-hybridized carbons (Fsp3) is 0.750. The summed E-state index contributed by atoms with van der Waals surface area (Å²) >= 11 is 0. The normalized spacial score (nSPS) is 17.5. The maximum atomic E-state index is 12.7. The number of hydrogen-bond acceptors (Lipinski definition) is 3. The molecule has 1 aliphatic carbocycles. The molecule has 2 N–H and O–H groups in total. The van der Waals surface area contributed by atoms with Gasteiger partial charge in [0.25, 0.3) is 0 Å². The molecule has 0 saturated heterocycles. The third-order valence-corrected chi connectivity index (χ3v) is 4.22. The van der Waals surface area contributed by atoms with E-state index in [-0.39, 0.29) is 17.9 Å². The molecule has 1 heterocycles. The Bertz CT molecular complexity index is 465. The second kappa shape index (κ2) is 7.07. The van der Waals surface area contributed by atoms with Gasteiger partial charge in [-0.05, 0) is 32.6 Å². The van der Waals surface area contributed by atoms with Crippen molar-refractivity contribution in [1.29, 1.82) is 0 Å². The Morgan fingerprint density at radius 3 is 2.71 bits per heavy atom. The van der Waals surface area contributed by atoms with Crippen molar-refractivity contribution in [3.05, 3.63) is 18.2 Å². The first-order valence-corrected chi connectivity index (χ1v) is 8.01. The predicted molar refractivity (Wildman–Crippen MR) is 83.4 cm³/mol. The van der Waals surface area contributed by atoms with Gasteiger partial charge in [0.2, 0.25) is 5.91 Å². The summed E-state index contributed by atoms with van der Waals surface area (Å²) in [7, 11) is 1.98. The zero-order valence-electron chi connectivity index (χ0n) is 13.5. The number of carbonyl (C=O) groups is 1. The Morgan fingerprint density at radius 2 is 2.19 bits per heavy atom. The molecule has 0 bridgehead atoms. The van der Waals surface area contributed by atoms with Gasteiger partial charge >= 0.3 is 0 Å². The molecule has 21 heavy (non-hydrogen) atoms. The minimum absolute atomic E-state index is 0.0737. The smallest absolute Gasteiger partial charge is 0.226 e. The lowest BCUT2D eigenvalue weighted by atomic mass is 10.0. The lowest BCUT2D eigenvalue weighted by Crippen LogP contribution is -2.37. The SMILES string of the molecule is CC(N)CCCC(C)C(=O)N(Cc1nccn1C)C1CC1. The second-order valence-electron chi connectivity index (χ2n) is 6.46. The van der Waals surface area contributed by atoms with Crippen LogP contribution in [0.2, 0.25) is 0 Å². The molecule has 118 valence electrons. The predicted octanol–water partition coefficient (Wildman–Crippen LogP) is 2.06. The van der Waals surface area contributed by atoms with E-state index in [4.69, 9.17) is 5.73 Å². The summed E-state index contributed by atoms with van der Waals surface area (Å²) in [5, 5.41) is 0. The number of rotatable bonds is 8. The van der Waals surface area contributed by atoms with Crippen LogP contribution in [0, 0.1) is 5.92 Å². The molecule has 1 fully saturated rings. The van der Waals surface area contributed by atoms with E-state index in [1.54, 1.807) is 6.20 Å². The van der Waals surface area contributed by atoms with E-state index in [2.05, 4.69) is 4.98 Å². The molecule has 0 spiro atoms. The summed E-state index contributed by atoms with van der Waals surface area (Å²) < 4.78 is 1.99. The van der Waals surface area contributed by atoms with Gasteiger partial charge in [-0.1, -0.05) is 13.3 Å². The molecule has 0 aromatic carbocycles. The van der Waals surface area contributed by atoms with Crippen LogP contribution in [0.4, 0.5) is 0 Å². The van der Waals surface area contributed by atoms with Gasteiger partial charge in [0.05, 0.1) is 6.54 Å². The largest absolute Gasteiger partial charge is 0.337 e. The Morgan fingerprint density at radius 1 is 1.48 bits per heavy atom. The van der Waals surface area contributed by atoms with Crippen LogP contribution in [-0.2, 0) is 18.4 Å². The molecule has 1 amide bonds. The van der Waals surface area contributed by atoms with E-state index in [1.165, 1.54) is 0 Å². The van der Waals surface area contributed by atoms with E-state index in [9.17, 15) is 4.79 Å². The topological polar surface area (TPSA) is 64.2 Å². The van der Waals surface area contributed by atoms with Crippen molar-refractivity contribution in [2.24, 2.45) is 18.7 Å². The average Bonchev–Trinajstić information content (AvgIpc) is 3.19.